The molecular weight excluding hydrogens is 358 g/mol. The zero-order valence-electron chi connectivity index (χ0n) is 12.5. The molecule has 0 atom stereocenters. The Labute approximate surface area is 147 Å². The largest absolute Gasteiger partial charge is 0.472 e. The maximum atomic E-state index is 13.6. The fourth-order valence-electron chi connectivity index (χ4n) is 2.54. The summed E-state index contributed by atoms with van der Waals surface area (Å²) in [5.74, 6) is -1.23. The van der Waals surface area contributed by atoms with Crippen LogP contribution in [0.1, 0.15) is 20.7 Å². The highest BCUT2D eigenvalue weighted by Gasteiger charge is 2.27. The van der Waals surface area contributed by atoms with Crippen molar-refractivity contribution < 1.29 is 18.4 Å². The van der Waals surface area contributed by atoms with Gasteiger partial charge in [-0.05, 0) is 18.2 Å². The van der Waals surface area contributed by atoms with Crippen LogP contribution in [0.2, 0.25) is 10.0 Å². The van der Waals surface area contributed by atoms with Gasteiger partial charge in [0.15, 0.2) is 0 Å². The molecule has 8 heteroatoms. The number of piperazine rings is 1. The van der Waals surface area contributed by atoms with Gasteiger partial charge in [-0.2, -0.15) is 0 Å². The monoisotopic (exact) mass is 370 g/mol. The van der Waals surface area contributed by atoms with Crippen LogP contribution in [0.15, 0.2) is 35.1 Å². The van der Waals surface area contributed by atoms with E-state index in [0.29, 0.717) is 31.7 Å². The van der Waals surface area contributed by atoms with Crippen LogP contribution < -0.4 is 0 Å². The van der Waals surface area contributed by atoms with Gasteiger partial charge in [0.25, 0.3) is 11.8 Å². The Balaban J connectivity index is 1.67. The molecule has 126 valence electrons. The lowest BCUT2D eigenvalue weighted by Crippen LogP contribution is -2.50. The topological polar surface area (TPSA) is 53.8 Å². The molecule has 24 heavy (non-hydrogen) atoms. The fraction of sp³-hybridized carbons (Fsp3) is 0.250. The van der Waals surface area contributed by atoms with E-state index in [2.05, 4.69) is 0 Å². The summed E-state index contributed by atoms with van der Waals surface area (Å²) >= 11 is 11.6. The van der Waals surface area contributed by atoms with Gasteiger partial charge in [0, 0.05) is 26.2 Å². The van der Waals surface area contributed by atoms with Gasteiger partial charge in [-0.15, -0.1) is 0 Å². The van der Waals surface area contributed by atoms with Crippen molar-refractivity contribution >= 4 is 35.0 Å². The minimum atomic E-state index is -0.696. The van der Waals surface area contributed by atoms with Crippen molar-refractivity contribution in [1.29, 1.82) is 0 Å². The number of nitrogens with zero attached hydrogens (tertiary/aromatic N) is 2. The third-order valence-corrected chi connectivity index (χ3v) is 4.46. The first kappa shape index (κ1) is 16.8. The van der Waals surface area contributed by atoms with Gasteiger partial charge in [0.05, 0.1) is 27.4 Å². The summed E-state index contributed by atoms with van der Waals surface area (Å²) in [5, 5.41) is -0.0321. The van der Waals surface area contributed by atoms with E-state index in [-0.39, 0.29) is 27.4 Å². The van der Waals surface area contributed by atoms with Crippen LogP contribution in [0.3, 0.4) is 0 Å². The lowest BCUT2D eigenvalue weighted by molar-refractivity contribution is 0.0535. The molecule has 2 aromatic rings. The number of hydrogen-bond acceptors (Lipinski definition) is 3. The van der Waals surface area contributed by atoms with E-state index in [0.717, 1.165) is 6.07 Å². The average molecular weight is 371 g/mol. The summed E-state index contributed by atoms with van der Waals surface area (Å²) in [4.78, 5) is 27.9. The van der Waals surface area contributed by atoms with Crippen molar-refractivity contribution in [2.75, 3.05) is 26.2 Å². The fourth-order valence-corrected chi connectivity index (χ4v) is 3.00. The van der Waals surface area contributed by atoms with Crippen LogP contribution in [0.4, 0.5) is 4.39 Å². The van der Waals surface area contributed by atoms with Gasteiger partial charge in [0.2, 0.25) is 0 Å². The van der Waals surface area contributed by atoms with Crippen LogP contribution in [0.5, 0.6) is 0 Å². The highest BCUT2D eigenvalue weighted by atomic mass is 35.5. The molecule has 1 aromatic carbocycles. The second-order valence-corrected chi connectivity index (χ2v) is 6.16. The first-order chi connectivity index (χ1) is 11.5. The standard InChI is InChI=1S/C16H13Cl2FN2O3/c17-12-8-13(18)14(19)7-11(12)16(23)21-4-2-20(3-5-21)15(22)10-1-6-24-9-10/h1,6-9H,2-5H2. The molecule has 1 saturated heterocycles. The van der Waals surface area contributed by atoms with E-state index in [1.165, 1.54) is 23.5 Å². The Bertz CT molecular complexity index is 772. The van der Waals surface area contributed by atoms with E-state index >= 15 is 0 Å². The number of carbonyl (C=O) groups excluding carboxylic acids is 2. The molecule has 0 spiro atoms. The van der Waals surface area contributed by atoms with Crippen molar-refractivity contribution in [3.8, 4) is 0 Å². The second kappa shape index (κ2) is 6.83. The van der Waals surface area contributed by atoms with Gasteiger partial charge in [-0.25, -0.2) is 4.39 Å². The number of hydrogen-bond donors (Lipinski definition) is 0. The third-order valence-electron chi connectivity index (χ3n) is 3.86. The van der Waals surface area contributed by atoms with Gasteiger partial charge in [0.1, 0.15) is 12.1 Å². The summed E-state index contributed by atoms with van der Waals surface area (Å²) in [6, 6.07) is 3.84. The normalized spacial score (nSPS) is 14.8. The quantitative estimate of drug-likeness (QED) is 0.761. The first-order valence-electron chi connectivity index (χ1n) is 7.22. The van der Waals surface area contributed by atoms with Crippen molar-refractivity contribution in [2.45, 2.75) is 0 Å². The summed E-state index contributed by atoms with van der Waals surface area (Å²) in [6.45, 7) is 1.43. The molecule has 0 unspecified atom stereocenters. The van der Waals surface area contributed by atoms with Gasteiger partial charge in [-0.1, -0.05) is 23.2 Å². The Morgan fingerprint density at radius 1 is 1.00 bits per heavy atom. The third kappa shape index (κ3) is 3.25. The maximum absolute atomic E-state index is 13.6. The number of benzene rings is 1. The first-order valence-corrected chi connectivity index (χ1v) is 7.98. The Morgan fingerprint density at radius 2 is 1.62 bits per heavy atom. The van der Waals surface area contributed by atoms with Crippen molar-refractivity contribution in [2.24, 2.45) is 0 Å². The van der Waals surface area contributed by atoms with E-state index < -0.39 is 5.82 Å². The van der Waals surface area contributed by atoms with Crippen molar-refractivity contribution in [3.05, 3.63) is 57.7 Å². The number of rotatable bonds is 2. The summed E-state index contributed by atoms with van der Waals surface area (Å²) in [7, 11) is 0. The minimum absolute atomic E-state index is 0.0631. The Morgan fingerprint density at radius 3 is 2.21 bits per heavy atom. The van der Waals surface area contributed by atoms with Gasteiger partial charge >= 0.3 is 0 Å². The summed E-state index contributed by atoms with van der Waals surface area (Å²) in [5.41, 5.74) is 0.533. The molecule has 2 amide bonds. The SMILES string of the molecule is O=C(c1ccoc1)N1CCN(C(=O)c2cc(F)c(Cl)cc2Cl)CC1. The summed E-state index contributed by atoms with van der Waals surface area (Å²) in [6.07, 6.45) is 2.82. The van der Waals surface area contributed by atoms with Crippen LogP contribution in [0, 0.1) is 5.82 Å². The van der Waals surface area contributed by atoms with Crippen LogP contribution >= 0.6 is 23.2 Å². The molecule has 0 radical (unpaired) electrons. The average Bonchev–Trinajstić information content (AvgIpc) is 3.11. The number of carbonyl (C=O) groups is 2. The number of halogens is 3. The smallest absolute Gasteiger partial charge is 0.257 e. The van der Waals surface area contributed by atoms with Gasteiger partial charge < -0.3 is 14.2 Å². The molecule has 5 nitrogen and oxygen atoms in total. The Kier molecular flexibility index (Phi) is 4.78. The molecule has 3 rings (SSSR count). The van der Waals surface area contributed by atoms with E-state index in [1.54, 1.807) is 11.0 Å². The minimum Gasteiger partial charge on any atom is -0.472 e. The van der Waals surface area contributed by atoms with E-state index in [4.69, 9.17) is 27.6 Å². The zero-order chi connectivity index (χ0) is 17.3. The second-order valence-electron chi connectivity index (χ2n) is 5.34. The van der Waals surface area contributed by atoms with Gasteiger partial charge in [-0.3, -0.25) is 9.59 Å². The van der Waals surface area contributed by atoms with Crippen LogP contribution in [0.25, 0.3) is 0 Å². The lowest BCUT2D eigenvalue weighted by Gasteiger charge is -2.34. The van der Waals surface area contributed by atoms with Crippen molar-refractivity contribution in [1.82, 2.24) is 9.80 Å². The molecule has 1 aliphatic rings. The predicted molar refractivity (Wildman–Crippen MR) is 86.9 cm³/mol. The van der Waals surface area contributed by atoms with E-state index in [1.807, 2.05) is 0 Å². The molecule has 0 aliphatic carbocycles. The molecule has 1 aromatic heterocycles. The molecular formula is C16H13Cl2FN2O3. The molecule has 1 fully saturated rings. The molecule has 1 aliphatic heterocycles. The Hall–Kier alpha value is -2.05. The molecule has 0 bridgehead atoms. The van der Waals surface area contributed by atoms with Crippen molar-refractivity contribution in [3.63, 3.8) is 0 Å². The number of furan rings is 1. The van der Waals surface area contributed by atoms with Crippen LogP contribution in [-0.2, 0) is 0 Å². The lowest BCUT2D eigenvalue weighted by atomic mass is 10.1. The number of amides is 2. The molecule has 0 saturated carbocycles. The van der Waals surface area contributed by atoms with E-state index in [9.17, 15) is 14.0 Å². The predicted octanol–water partition coefficient (Wildman–Crippen LogP) is 3.32. The zero-order valence-corrected chi connectivity index (χ0v) is 14.0. The molecule has 0 N–H and O–H groups in total. The molecule has 2 heterocycles. The van der Waals surface area contributed by atoms with Crippen LogP contribution in [-0.4, -0.2) is 47.8 Å². The summed E-state index contributed by atoms with van der Waals surface area (Å²) < 4.78 is 18.5. The highest BCUT2D eigenvalue weighted by Crippen LogP contribution is 2.25. The highest BCUT2D eigenvalue weighted by molar-refractivity contribution is 6.36. The maximum Gasteiger partial charge on any atom is 0.257 e.